The number of amides is 1. The van der Waals surface area contributed by atoms with Crippen molar-refractivity contribution >= 4 is 11.6 Å². The van der Waals surface area contributed by atoms with Crippen molar-refractivity contribution in [3.05, 3.63) is 23.3 Å². The molecule has 1 fully saturated rings. The molecule has 0 spiro atoms. The average Bonchev–Trinajstić information content (AvgIpc) is 2.38. The van der Waals surface area contributed by atoms with Crippen molar-refractivity contribution in [2.24, 2.45) is 0 Å². The van der Waals surface area contributed by atoms with Gasteiger partial charge in [-0.25, -0.2) is 0 Å². The topological polar surface area (TPSA) is 64.8 Å². The first kappa shape index (κ1) is 13.7. The second kappa shape index (κ2) is 5.93. The molecular weight excluding hydrogens is 244 g/mol. The zero-order valence-electron chi connectivity index (χ0n) is 11.4. The second-order valence-corrected chi connectivity index (χ2v) is 4.77. The molecule has 1 heterocycles. The van der Waals surface area contributed by atoms with Gasteiger partial charge in [0.05, 0.1) is 13.2 Å². The summed E-state index contributed by atoms with van der Waals surface area (Å²) >= 11 is 0. The number of morpholine rings is 1. The normalized spacial score (nSPS) is 15.4. The average molecular weight is 264 g/mol. The molecule has 1 amide bonds. The van der Waals surface area contributed by atoms with E-state index in [9.17, 15) is 4.79 Å². The highest BCUT2D eigenvalue weighted by atomic mass is 16.5. The van der Waals surface area contributed by atoms with Gasteiger partial charge in [0, 0.05) is 18.8 Å². The summed E-state index contributed by atoms with van der Waals surface area (Å²) in [6.45, 7) is 6.41. The van der Waals surface area contributed by atoms with Crippen LogP contribution < -0.4 is 10.5 Å². The van der Waals surface area contributed by atoms with Crippen LogP contribution in [0.1, 0.15) is 11.1 Å². The second-order valence-electron chi connectivity index (χ2n) is 4.77. The van der Waals surface area contributed by atoms with Gasteiger partial charge in [-0.2, -0.15) is 0 Å². The van der Waals surface area contributed by atoms with E-state index in [0.29, 0.717) is 32.0 Å². The van der Waals surface area contributed by atoms with Crippen LogP contribution in [-0.2, 0) is 9.53 Å². The molecule has 0 radical (unpaired) electrons. The molecule has 2 N–H and O–H groups in total. The highest BCUT2D eigenvalue weighted by Crippen LogP contribution is 2.25. The molecule has 104 valence electrons. The van der Waals surface area contributed by atoms with Crippen LogP contribution in [0.15, 0.2) is 12.1 Å². The van der Waals surface area contributed by atoms with Gasteiger partial charge in [0.15, 0.2) is 6.61 Å². The van der Waals surface area contributed by atoms with Gasteiger partial charge in [-0.05, 0) is 37.1 Å². The molecule has 2 rings (SSSR count). The third kappa shape index (κ3) is 3.38. The van der Waals surface area contributed by atoms with Gasteiger partial charge in [0.25, 0.3) is 5.91 Å². The Balaban J connectivity index is 1.96. The lowest BCUT2D eigenvalue weighted by molar-refractivity contribution is -0.137. The fourth-order valence-electron chi connectivity index (χ4n) is 2.25. The van der Waals surface area contributed by atoms with E-state index >= 15 is 0 Å². The van der Waals surface area contributed by atoms with Gasteiger partial charge in [-0.1, -0.05) is 0 Å². The maximum absolute atomic E-state index is 12.0. The number of rotatable bonds is 3. The molecule has 0 atom stereocenters. The van der Waals surface area contributed by atoms with Crippen LogP contribution in [0.25, 0.3) is 0 Å². The Labute approximate surface area is 113 Å². The minimum atomic E-state index is -0.000995. The Morgan fingerprint density at radius 2 is 1.89 bits per heavy atom. The van der Waals surface area contributed by atoms with Gasteiger partial charge in [0.2, 0.25) is 0 Å². The summed E-state index contributed by atoms with van der Waals surface area (Å²) in [6, 6.07) is 3.70. The smallest absolute Gasteiger partial charge is 0.260 e. The third-order valence-corrected chi connectivity index (χ3v) is 3.19. The largest absolute Gasteiger partial charge is 0.483 e. The number of ether oxygens (including phenoxy) is 2. The molecule has 19 heavy (non-hydrogen) atoms. The van der Waals surface area contributed by atoms with Crippen molar-refractivity contribution in [1.29, 1.82) is 0 Å². The number of benzene rings is 1. The molecule has 1 aromatic rings. The van der Waals surface area contributed by atoms with Crippen LogP contribution in [-0.4, -0.2) is 43.7 Å². The van der Waals surface area contributed by atoms with Crippen molar-refractivity contribution in [2.75, 3.05) is 38.6 Å². The number of hydrogen-bond acceptors (Lipinski definition) is 4. The highest BCUT2D eigenvalue weighted by molar-refractivity contribution is 5.78. The van der Waals surface area contributed by atoms with E-state index in [1.807, 2.05) is 26.0 Å². The van der Waals surface area contributed by atoms with E-state index in [4.69, 9.17) is 15.2 Å². The Morgan fingerprint density at radius 1 is 1.32 bits per heavy atom. The van der Waals surface area contributed by atoms with Crippen molar-refractivity contribution in [1.82, 2.24) is 4.90 Å². The number of aryl methyl sites for hydroxylation is 2. The van der Waals surface area contributed by atoms with E-state index in [1.54, 1.807) is 4.90 Å². The minimum Gasteiger partial charge on any atom is -0.483 e. The van der Waals surface area contributed by atoms with E-state index in [1.165, 1.54) is 0 Å². The van der Waals surface area contributed by atoms with Crippen LogP contribution in [0.5, 0.6) is 5.75 Å². The SMILES string of the molecule is Cc1cc(N)cc(C)c1OCC(=O)N1CCOCC1. The number of nitrogen functional groups attached to an aromatic ring is 1. The monoisotopic (exact) mass is 264 g/mol. The van der Waals surface area contributed by atoms with Crippen LogP contribution in [0.4, 0.5) is 5.69 Å². The van der Waals surface area contributed by atoms with Crippen molar-refractivity contribution < 1.29 is 14.3 Å². The first-order chi connectivity index (χ1) is 9.08. The molecule has 0 aromatic heterocycles. The van der Waals surface area contributed by atoms with Crippen LogP contribution >= 0.6 is 0 Å². The Hall–Kier alpha value is -1.75. The molecule has 0 bridgehead atoms. The van der Waals surface area contributed by atoms with Crippen LogP contribution in [0.3, 0.4) is 0 Å². The fourth-order valence-corrected chi connectivity index (χ4v) is 2.25. The highest BCUT2D eigenvalue weighted by Gasteiger charge is 2.17. The lowest BCUT2D eigenvalue weighted by Crippen LogP contribution is -2.43. The first-order valence-electron chi connectivity index (χ1n) is 6.43. The number of carbonyl (C=O) groups excluding carboxylic acids is 1. The minimum absolute atomic E-state index is 0.000995. The molecular formula is C14H20N2O3. The molecule has 0 saturated carbocycles. The van der Waals surface area contributed by atoms with E-state index in [2.05, 4.69) is 0 Å². The molecule has 1 aromatic carbocycles. The zero-order chi connectivity index (χ0) is 13.8. The van der Waals surface area contributed by atoms with E-state index in [0.717, 1.165) is 16.9 Å². The first-order valence-corrected chi connectivity index (χ1v) is 6.43. The fraction of sp³-hybridized carbons (Fsp3) is 0.500. The van der Waals surface area contributed by atoms with Crippen molar-refractivity contribution in [2.45, 2.75) is 13.8 Å². The predicted molar refractivity (Wildman–Crippen MR) is 73.2 cm³/mol. The standard InChI is InChI=1S/C14H20N2O3/c1-10-7-12(15)8-11(2)14(10)19-9-13(17)16-3-5-18-6-4-16/h7-8H,3-6,9,15H2,1-2H3. The van der Waals surface area contributed by atoms with E-state index in [-0.39, 0.29) is 12.5 Å². The summed E-state index contributed by atoms with van der Waals surface area (Å²) in [5.74, 6) is 0.745. The van der Waals surface area contributed by atoms with Gasteiger partial charge >= 0.3 is 0 Å². The predicted octanol–water partition coefficient (Wildman–Crippen LogP) is 1.12. The Kier molecular flexibility index (Phi) is 4.27. The van der Waals surface area contributed by atoms with Crippen molar-refractivity contribution in [3.63, 3.8) is 0 Å². The Morgan fingerprint density at radius 3 is 2.47 bits per heavy atom. The summed E-state index contributed by atoms with van der Waals surface area (Å²) in [5, 5.41) is 0. The molecule has 5 heteroatoms. The van der Waals surface area contributed by atoms with Crippen molar-refractivity contribution in [3.8, 4) is 5.75 Å². The van der Waals surface area contributed by atoms with Gasteiger partial charge < -0.3 is 20.1 Å². The number of hydrogen-bond donors (Lipinski definition) is 1. The summed E-state index contributed by atoms with van der Waals surface area (Å²) in [6.07, 6.45) is 0. The van der Waals surface area contributed by atoms with Gasteiger partial charge in [-0.3, -0.25) is 4.79 Å². The maximum Gasteiger partial charge on any atom is 0.260 e. The van der Waals surface area contributed by atoms with Crippen LogP contribution in [0, 0.1) is 13.8 Å². The summed E-state index contributed by atoms with van der Waals surface area (Å²) in [5.41, 5.74) is 8.37. The van der Waals surface area contributed by atoms with Gasteiger partial charge in [0.1, 0.15) is 5.75 Å². The molecule has 1 saturated heterocycles. The maximum atomic E-state index is 12.0. The molecule has 0 aliphatic carbocycles. The third-order valence-electron chi connectivity index (χ3n) is 3.19. The molecule has 1 aliphatic rings. The number of nitrogens with zero attached hydrogens (tertiary/aromatic N) is 1. The van der Waals surface area contributed by atoms with Crippen LogP contribution in [0.2, 0.25) is 0 Å². The van der Waals surface area contributed by atoms with Gasteiger partial charge in [-0.15, -0.1) is 0 Å². The summed E-state index contributed by atoms with van der Waals surface area (Å²) < 4.78 is 10.9. The molecule has 1 aliphatic heterocycles. The number of nitrogens with two attached hydrogens (primary N) is 1. The van der Waals surface area contributed by atoms with E-state index < -0.39 is 0 Å². The number of anilines is 1. The lowest BCUT2D eigenvalue weighted by Gasteiger charge is -2.27. The summed E-state index contributed by atoms with van der Waals surface area (Å²) in [7, 11) is 0. The molecule has 0 unspecified atom stereocenters. The molecule has 5 nitrogen and oxygen atoms in total. The lowest BCUT2D eigenvalue weighted by atomic mass is 10.1. The summed E-state index contributed by atoms with van der Waals surface area (Å²) in [4.78, 5) is 13.8. The quantitative estimate of drug-likeness (QED) is 0.831. The number of carbonyl (C=O) groups is 1. The Bertz CT molecular complexity index is 445. The zero-order valence-corrected chi connectivity index (χ0v) is 11.4.